The van der Waals surface area contributed by atoms with Crippen LogP contribution in [-0.4, -0.2) is 19.1 Å². The van der Waals surface area contributed by atoms with Gasteiger partial charge in [-0.3, -0.25) is 0 Å². The van der Waals surface area contributed by atoms with Gasteiger partial charge in [0.15, 0.2) is 5.96 Å². The molecule has 0 bridgehead atoms. The molecule has 4 nitrogen and oxygen atoms in total. The minimum Gasteiger partial charge on any atom is -0.492 e. The molecule has 25 heavy (non-hydrogen) atoms. The summed E-state index contributed by atoms with van der Waals surface area (Å²) in [6.45, 7) is 2.48. The highest BCUT2D eigenvalue weighted by molar-refractivity contribution is 14.0. The second-order valence-corrected chi connectivity index (χ2v) is 5.13. The van der Waals surface area contributed by atoms with Crippen molar-refractivity contribution in [1.29, 1.82) is 0 Å². The number of alkyl halides is 3. The van der Waals surface area contributed by atoms with Crippen LogP contribution in [0.2, 0.25) is 0 Å². The number of rotatable bonds is 5. The molecule has 0 atom stereocenters. The molecule has 0 fully saturated rings. The monoisotopic (exact) mass is 465 g/mol. The highest BCUT2D eigenvalue weighted by Crippen LogP contribution is 2.30. The molecule has 0 saturated carbocycles. The Labute approximate surface area is 161 Å². The molecule has 0 heterocycles. The fourth-order valence-electron chi connectivity index (χ4n) is 1.89. The van der Waals surface area contributed by atoms with Gasteiger partial charge in [0, 0.05) is 5.69 Å². The van der Waals surface area contributed by atoms with E-state index in [9.17, 15) is 13.2 Å². The number of anilines is 1. The maximum Gasteiger partial charge on any atom is 0.416 e. The van der Waals surface area contributed by atoms with Gasteiger partial charge in [-0.1, -0.05) is 17.7 Å². The first-order valence-corrected chi connectivity index (χ1v) is 7.28. The van der Waals surface area contributed by atoms with E-state index in [0.29, 0.717) is 5.75 Å². The van der Waals surface area contributed by atoms with E-state index in [1.54, 1.807) is 0 Å². The van der Waals surface area contributed by atoms with Crippen molar-refractivity contribution in [1.82, 2.24) is 0 Å². The van der Waals surface area contributed by atoms with Crippen molar-refractivity contribution >= 4 is 35.6 Å². The summed E-state index contributed by atoms with van der Waals surface area (Å²) in [7, 11) is 0. The fourth-order valence-corrected chi connectivity index (χ4v) is 1.89. The first-order valence-electron chi connectivity index (χ1n) is 7.28. The van der Waals surface area contributed by atoms with Crippen LogP contribution in [0.4, 0.5) is 18.9 Å². The molecule has 0 aliphatic rings. The minimum absolute atomic E-state index is 0. The molecule has 0 amide bonds. The van der Waals surface area contributed by atoms with Crippen molar-refractivity contribution < 1.29 is 17.9 Å². The van der Waals surface area contributed by atoms with E-state index in [1.165, 1.54) is 12.1 Å². The normalized spacial score (nSPS) is 11.6. The van der Waals surface area contributed by atoms with Crippen molar-refractivity contribution in [2.24, 2.45) is 10.7 Å². The van der Waals surface area contributed by atoms with Crippen molar-refractivity contribution in [2.75, 3.05) is 18.5 Å². The van der Waals surface area contributed by atoms with E-state index >= 15 is 0 Å². The fraction of sp³-hybridized carbons (Fsp3) is 0.235. The summed E-state index contributed by atoms with van der Waals surface area (Å²) in [5, 5.41) is 2.94. The van der Waals surface area contributed by atoms with E-state index in [-0.39, 0.29) is 43.1 Å². The second-order valence-electron chi connectivity index (χ2n) is 5.13. The summed E-state index contributed by atoms with van der Waals surface area (Å²) in [5.41, 5.74) is 7.00. The Morgan fingerprint density at radius 2 is 1.68 bits per heavy atom. The van der Waals surface area contributed by atoms with Crippen molar-refractivity contribution in [2.45, 2.75) is 13.1 Å². The maximum atomic E-state index is 12.4. The van der Waals surface area contributed by atoms with Crippen LogP contribution in [0.15, 0.2) is 53.5 Å². The third kappa shape index (κ3) is 7.20. The van der Waals surface area contributed by atoms with E-state index in [4.69, 9.17) is 10.5 Å². The molecule has 0 spiro atoms. The lowest BCUT2D eigenvalue weighted by atomic mass is 10.2. The number of hydrogen-bond donors (Lipinski definition) is 2. The predicted molar refractivity (Wildman–Crippen MR) is 104 cm³/mol. The quantitative estimate of drug-likeness (QED) is 0.297. The number of benzene rings is 2. The van der Waals surface area contributed by atoms with Crippen LogP contribution in [0.3, 0.4) is 0 Å². The van der Waals surface area contributed by atoms with Gasteiger partial charge in [-0.15, -0.1) is 24.0 Å². The first-order chi connectivity index (χ1) is 11.3. The zero-order valence-corrected chi connectivity index (χ0v) is 15.8. The SMILES string of the molecule is Cc1ccc(NC(N)=NCCOc2ccc(C(F)(F)F)cc2)cc1.I. The number of nitrogens with two attached hydrogens (primary N) is 1. The van der Waals surface area contributed by atoms with Gasteiger partial charge in [-0.2, -0.15) is 13.2 Å². The minimum atomic E-state index is -4.35. The number of aryl methyl sites for hydroxylation is 1. The van der Waals surface area contributed by atoms with Gasteiger partial charge in [0.2, 0.25) is 0 Å². The summed E-state index contributed by atoms with van der Waals surface area (Å²) >= 11 is 0. The lowest BCUT2D eigenvalue weighted by Gasteiger charge is -2.09. The highest BCUT2D eigenvalue weighted by Gasteiger charge is 2.29. The van der Waals surface area contributed by atoms with Crippen molar-refractivity contribution in [3.8, 4) is 5.75 Å². The second kappa shape index (κ2) is 9.50. The van der Waals surface area contributed by atoms with Crippen LogP contribution in [0.5, 0.6) is 5.75 Å². The number of ether oxygens (including phenoxy) is 1. The van der Waals surface area contributed by atoms with Gasteiger partial charge in [-0.25, -0.2) is 4.99 Å². The molecule has 136 valence electrons. The largest absolute Gasteiger partial charge is 0.492 e. The number of nitrogens with one attached hydrogen (secondary N) is 1. The van der Waals surface area contributed by atoms with Crippen LogP contribution < -0.4 is 15.8 Å². The van der Waals surface area contributed by atoms with Gasteiger partial charge >= 0.3 is 6.18 Å². The Kier molecular flexibility index (Phi) is 8.01. The van der Waals surface area contributed by atoms with Crippen LogP contribution in [-0.2, 0) is 6.18 Å². The van der Waals surface area contributed by atoms with Gasteiger partial charge in [0.25, 0.3) is 0 Å². The zero-order chi connectivity index (χ0) is 17.6. The molecular formula is C17H19F3IN3O. The third-order valence-corrected chi connectivity index (χ3v) is 3.15. The standard InChI is InChI=1S/C17H18F3N3O.HI/c1-12-2-6-14(7-3-12)23-16(21)22-10-11-24-15-8-4-13(5-9-15)17(18,19)20;/h2-9H,10-11H2,1H3,(H3,21,22,23);1H. The lowest BCUT2D eigenvalue weighted by molar-refractivity contribution is -0.137. The van der Waals surface area contributed by atoms with Crippen molar-refractivity contribution in [3.05, 3.63) is 59.7 Å². The van der Waals surface area contributed by atoms with Gasteiger partial charge in [-0.05, 0) is 43.3 Å². The molecule has 0 saturated heterocycles. The van der Waals surface area contributed by atoms with E-state index < -0.39 is 11.7 Å². The predicted octanol–water partition coefficient (Wildman–Crippen LogP) is 4.44. The average molecular weight is 465 g/mol. The van der Waals surface area contributed by atoms with Crippen LogP contribution in [0.1, 0.15) is 11.1 Å². The molecule has 0 aliphatic heterocycles. The Balaban J connectivity index is 0.00000312. The number of nitrogens with zero attached hydrogens (tertiary/aromatic N) is 1. The molecule has 0 radical (unpaired) electrons. The number of aliphatic imine (C=N–C) groups is 1. The molecule has 0 aromatic heterocycles. The van der Waals surface area contributed by atoms with E-state index in [0.717, 1.165) is 23.4 Å². The Morgan fingerprint density at radius 1 is 1.08 bits per heavy atom. The van der Waals surface area contributed by atoms with E-state index in [1.807, 2.05) is 31.2 Å². The summed E-state index contributed by atoms with van der Waals surface area (Å²) < 4.78 is 42.6. The molecule has 2 aromatic carbocycles. The number of hydrogen-bond acceptors (Lipinski definition) is 2. The summed E-state index contributed by atoms with van der Waals surface area (Å²) in [6, 6.07) is 12.2. The Morgan fingerprint density at radius 3 is 2.24 bits per heavy atom. The Bertz CT molecular complexity index is 686. The molecule has 0 unspecified atom stereocenters. The third-order valence-electron chi connectivity index (χ3n) is 3.15. The van der Waals surface area contributed by atoms with Crippen LogP contribution in [0, 0.1) is 6.92 Å². The summed E-state index contributed by atoms with van der Waals surface area (Å²) in [5.74, 6) is 0.595. The van der Waals surface area contributed by atoms with Gasteiger partial charge < -0.3 is 15.8 Å². The zero-order valence-electron chi connectivity index (χ0n) is 13.5. The first kappa shape index (κ1) is 21.1. The van der Waals surface area contributed by atoms with Gasteiger partial charge in [0.05, 0.1) is 12.1 Å². The summed E-state index contributed by atoms with van der Waals surface area (Å²) in [6.07, 6.45) is -4.35. The molecular weight excluding hydrogens is 446 g/mol. The smallest absolute Gasteiger partial charge is 0.416 e. The molecule has 3 N–H and O–H groups in total. The molecule has 2 aromatic rings. The van der Waals surface area contributed by atoms with Crippen LogP contribution in [0.25, 0.3) is 0 Å². The molecule has 0 aliphatic carbocycles. The van der Waals surface area contributed by atoms with E-state index in [2.05, 4.69) is 10.3 Å². The number of halogens is 4. The van der Waals surface area contributed by atoms with Gasteiger partial charge in [0.1, 0.15) is 12.4 Å². The maximum absolute atomic E-state index is 12.4. The lowest BCUT2D eigenvalue weighted by Crippen LogP contribution is -2.23. The number of guanidine groups is 1. The molecule has 8 heteroatoms. The highest BCUT2D eigenvalue weighted by atomic mass is 127. The summed E-state index contributed by atoms with van der Waals surface area (Å²) in [4.78, 5) is 4.09. The Hall–Kier alpha value is -1.97. The average Bonchev–Trinajstić information content (AvgIpc) is 2.53. The van der Waals surface area contributed by atoms with Crippen molar-refractivity contribution in [3.63, 3.8) is 0 Å². The topological polar surface area (TPSA) is 59.6 Å². The molecule has 2 rings (SSSR count). The van der Waals surface area contributed by atoms with Crippen LogP contribution >= 0.6 is 24.0 Å².